The first kappa shape index (κ1) is 24.9. The van der Waals surface area contributed by atoms with Gasteiger partial charge >= 0.3 is 0 Å². The van der Waals surface area contributed by atoms with Crippen LogP contribution in [0.5, 0.6) is 0 Å². The molecule has 37 heavy (non-hydrogen) atoms. The quantitative estimate of drug-likeness (QED) is 0.302. The van der Waals surface area contributed by atoms with Gasteiger partial charge < -0.3 is 5.32 Å². The average Bonchev–Trinajstić information content (AvgIpc) is 3.70. The molecule has 1 aromatic heterocycles. The molecule has 5 nitrogen and oxygen atoms in total. The van der Waals surface area contributed by atoms with Gasteiger partial charge in [-0.2, -0.15) is 0 Å². The topological polar surface area (TPSA) is 76.1 Å². The molecule has 1 fully saturated rings. The number of aromatic nitrogens is 1. The molecule has 3 aromatic carbocycles. The van der Waals surface area contributed by atoms with Crippen LogP contribution >= 0.6 is 0 Å². The van der Waals surface area contributed by atoms with Crippen molar-refractivity contribution in [2.75, 3.05) is 6.26 Å². The summed E-state index contributed by atoms with van der Waals surface area (Å²) in [6.45, 7) is 1.75. The van der Waals surface area contributed by atoms with Gasteiger partial charge in [0, 0.05) is 35.5 Å². The van der Waals surface area contributed by atoms with Gasteiger partial charge in [0.25, 0.3) is 0 Å². The summed E-state index contributed by atoms with van der Waals surface area (Å²) in [5.74, 6) is -0.0562. The third-order valence-electron chi connectivity index (χ3n) is 6.76. The van der Waals surface area contributed by atoms with Crippen molar-refractivity contribution in [1.29, 1.82) is 0 Å². The Morgan fingerprint density at radius 1 is 1.00 bits per heavy atom. The van der Waals surface area contributed by atoms with Gasteiger partial charge in [-0.15, -0.1) is 0 Å². The monoisotopic (exact) mass is 510 g/mol. The maximum Gasteiger partial charge on any atom is 0.244 e. The van der Waals surface area contributed by atoms with Gasteiger partial charge in [-0.3, -0.25) is 9.78 Å². The summed E-state index contributed by atoms with van der Waals surface area (Å²) in [7, 11) is -3.14. The van der Waals surface area contributed by atoms with E-state index in [-0.39, 0.29) is 5.91 Å². The Labute approximate surface area is 218 Å². The van der Waals surface area contributed by atoms with Crippen LogP contribution in [-0.4, -0.2) is 36.9 Å². The standard InChI is InChI=1S/C31H30N2O3S/c1-21(37(2,35)36)16-23-18-27-10-5-15-32-31(27)29(19-23)26-9-4-8-25(20-26)24-7-3-6-22(17-24)11-14-30(34)33-28-12-13-28/h3-11,14-15,17-21,28H,12-13,16H2,1-2H3,(H,33,34). The van der Waals surface area contributed by atoms with E-state index in [4.69, 9.17) is 0 Å². The predicted octanol–water partition coefficient (Wildman–Crippen LogP) is 5.84. The van der Waals surface area contributed by atoms with Crippen LogP contribution in [0.2, 0.25) is 0 Å². The first-order valence-electron chi connectivity index (χ1n) is 12.5. The van der Waals surface area contributed by atoms with E-state index in [1.54, 1.807) is 19.2 Å². The highest BCUT2D eigenvalue weighted by molar-refractivity contribution is 7.91. The number of hydrogen-bond donors (Lipinski definition) is 1. The number of nitrogens with one attached hydrogen (secondary N) is 1. The fraction of sp³-hybridized carbons (Fsp3) is 0.226. The SMILES string of the molecule is CC(Cc1cc(-c2cccc(-c3cccc(C=CC(=O)NC4CC4)c3)c2)c2ncccc2c1)S(C)(=O)=O. The van der Waals surface area contributed by atoms with E-state index < -0.39 is 15.1 Å². The second kappa shape index (κ2) is 10.3. The molecular weight excluding hydrogens is 480 g/mol. The Kier molecular flexibility index (Phi) is 6.94. The van der Waals surface area contributed by atoms with Crippen LogP contribution in [0.4, 0.5) is 0 Å². The number of nitrogens with zero attached hydrogens (tertiary/aromatic N) is 1. The van der Waals surface area contributed by atoms with E-state index in [0.717, 1.165) is 57.1 Å². The average molecular weight is 511 g/mol. The second-order valence-electron chi connectivity index (χ2n) is 9.89. The smallest absolute Gasteiger partial charge is 0.244 e. The van der Waals surface area contributed by atoms with Gasteiger partial charge in [-0.05, 0) is 90.4 Å². The van der Waals surface area contributed by atoms with Crippen LogP contribution in [0.1, 0.15) is 30.9 Å². The van der Waals surface area contributed by atoms with E-state index in [2.05, 4.69) is 46.7 Å². The molecule has 0 radical (unpaired) electrons. The Hall–Kier alpha value is -3.77. The number of fused-ring (bicyclic) bond motifs is 1. The van der Waals surface area contributed by atoms with Crippen molar-refractivity contribution in [3.63, 3.8) is 0 Å². The van der Waals surface area contributed by atoms with Crippen LogP contribution in [0, 0.1) is 0 Å². The lowest BCUT2D eigenvalue weighted by atomic mass is 9.94. The third-order valence-corrected chi connectivity index (χ3v) is 8.39. The summed E-state index contributed by atoms with van der Waals surface area (Å²) in [6, 6.07) is 24.7. The van der Waals surface area contributed by atoms with Crippen LogP contribution in [-0.2, 0) is 21.1 Å². The lowest BCUT2D eigenvalue weighted by Crippen LogP contribution is -2.22. The summed E-state index contributed by atoms with van der Waals surface area (Å²) in [5.41, 5.74) is 6.89. The highest BCUT2D eigenvalue weighted by Gasteiger charge is 2.22. The molecule has 4 aromatic rings. The van der Waals surface area contributed by atoms with Crippen molar-refractivity contribution in [3.05, 3.63) is 96.2 Å². The molecule has 1 aliphatic rings. The number of benzene rings is 3. The number of hydrogen-bond acceptors (Lipinski definition) is 4. The van der Waals surface area contributed by atoms with E-state index in [9.17, 15) is 13.2 Å². The molecule has 1 N–H and O–H groups in total. The number of rotatable bonds is 8. The maximum atomic E-state index is 12.1. The zero-order valence-corrected chi connectivity index (χ0v) is 21.8. The fourth-order valence-electron chi connectivity index (χ4n) is 4.41. The number of pyridine rings is 1. The molecule has 1 amide bonds. The van der Waals surface area contributed by atoms with Gasteiger partial charge in [0.15, 0.2) is 0 Å². The van der Waals surface area contributed by atoms with Crippen molar-refractivity contribution in [1.82, 2.24) is 10.3 Å². The molecule has 1 unspecified atom stereocenters. The molecule has 0 saturated heterocycles. The lowest BCUT2D eigenvalue weighted by Gasteiger charge is -2.14. The zero-order chi connectivity index (χ0) is 26.0. The molecular formula is C31H30N2O3S. The van der Waals surface area contributed by atoms with Gasteiger partial charge in [0.2, 0.25) is 5.91 Å². The largest absolute Gasteiger partial charge is 0.350 e. The van der Waals surface area contributed by atoms with Crippen molar-refractivity contribution in [2.45, 2.75) is 37.5 Å². The molecule has 0 bridgehead atoms. The number of sulfone groups is 1. The van der Waals surface area contributed by atoms with Gasteiger partial charge in [-0.25, -0.2) is 8.42 Å². The minimum Gasteiger partial charge on any atom is -0.350 e. The summed E-state index contributed by atoms with van der Waals surface area (Å²) < 4.78 is 24.2. The lowest BCUT2D eigenvalue weighted by molar-refractivity contribution is -0.116. The normalized spacial score (nSPS) is 14.6. The van der Waals surface area contributed by atoms with E-state index >= 15 is 0 Å². The fourth-order valence-corrected chi connectivity index (χ4v) is 4.91. The predicted molar refractivity (Wildman–Crippen MR) is 151 cm³/mol. The Balaban J connectivity index is 1.49. The molecule has 0 aliphatic heterocycles. The number of carbonyl (C=O) groups is 1. The highest BCUT2D eigenvalue weighted by Crippen LogP contribution is 2.33. The zero-order valence-electron chi connectivity index (χ0n) is 21.0. The first-order valence-corrected chi connectivity index (χ1v) is 14.5. The second-order valence-corrected chi connectivity index (χ2v) is 12.3. The first-order chi connectivity index (χ1) is 17.8. The summed E-state index contributed by atoms with van der Waals surface area (Å²) in [6.07, 6.45) is 9.07. The number of amides is 1. The van der Waals surface area contributed by atoms with Crippen molar-refractivity contribution >= 4 is 32.7 Å². The molecule has 1 aliphatic carbocycles. The molecule has 6 heteroatoms. The van der Waals surface area contributed by atoms with Gasteiger partial charge in [0.05, 0.1) is 10.8 Å². The van der Waals surface area contributed by atoms with Crippen LogP contribution in [0.25, 0.3) is 39.2 Å². The van der Waals surface area contributed by atoms with Crippen molar-refractivity contribution in [2.24, 2.45) is 0 Å². The summed E-state index contributed by atoms with van der Waals surface area (Å²) >= 11 is 0. The van der Waals surface area contributed by atoms with Gasteiger partial charge in [-0.1, -0.05) is 42.5 Å². The Bertz CT molecular complexity index is 1600. The van der Waals surface area contributed by atoms with Crippen LogP contribution in [0.15, 0.2) is 85.1 Å². The Morgan fingerprint density at radius 2 is 1.73 bits per heavy atom. The van der Waals surface area contributed by atoms with E-state index in [1.807, 2.05) is 42.5 Å². The molecule has 1 saturated carbocycles. The van der Waals surface area contributed by atoms with E-state index in [1.165, 1.54) is 6.26 Å². The minimum atomic E-state index is -3.14. The minimum absolute atomic E-state index is 0.0562. The van der Waals surface area contributed by atoms with Crippen LogP contribution < -0.4 is 5.32 Å². The van der Waals surface area contributed by atoms with Crippen LogP contribution in [0.3, 0.4) is 0 Å². The number of carbonyl (C=O) groups excluding carboxylic acids is 1. The van der Waals surface area contributed by atoms with Crippen molar-refractivity contribution < 1.29 is 13.2 Å². The third kappa shape index (κ3) is 6.15. The highest BCUT2D eigenvalue weighted by atomic mass is 32.2. The van der Waals surface area contributed by atoms with E-state index in [0.29, 0.717) is 12.5 Å². The molecule has 0 spiro atoms. The molecule has 188 valence electrons. The molecule has 1 atom stereocenters. The molecule has 1 heterocycles. The summed E-state index contributed by atoms with van der Waals surface area (Å²) in [4.78, 5) is 16.7. The Morgan fingerprint density at radius 3 is 2.49 bits per heavy atom. The van der Waals surface area contributed by atoms with Crippen molar-refractivity contribution in [3.8, 4) is 22.3 Å². The maximum absolute atomic E-state index is 12.1. The molecule has 5 rings (SSSR count). The summed E-state index contributed by atoms with van der Waals surface area (Å²) in [5, 5.41) is 3.48. The van der Waals surface area contributed by atoms with Gasteiger partial charge in [0.1, 0.15) is 9.84 Å².